The number of hydrogen-bond acceptors (Lipinski definition) is 2. The molecular weight excluding hydrogens is 392 g/mol. The van der Waals surface area contributed by atoms with Gasteiger partial charge < -0.3 is 15.3 Å². The number of carbonyl (C=O) groups is 1. The molecule has 2 aromatic heterocycles. The second kappa shape index (κ2) is 5.85. The lowest BCUT2D eigenvalue weighted by molar-refractivity contribution is -0.115. The summed E-state index contributed by atoms with van der Waals surface area (Å²) in [6.45, 7) is 0.498. The lowest BCUT2D eigenvalue weighted by Gasteiger charge is -2.21. The smallest absolute Gasteiger partial charge is 0.270 e. The lowest BCUT2D eigenvalue weighted by atomic mass is 10.0. The molecule has 1 aliphatic heterocycles. The van der Waals surface area contributed by atoms with Crippen molar-refractivity contribution >= 4 is 49.4 Å². The first-order chi connectivity index (χ1) is 12.7. The first kappa shape index (κ1) is 15.4. The van der Waals surface area contributed by atoms with Gasteiger partial charge in [0.1, 0.15) is 5.71 Å². The molecule has 6 heteroatoms. The highest BCUT2D eigenvalue weighted by atomic mass is 79.9. The summed E-state index contributed by atoms with van der Waals surface area (Å²) in [7, 11) is 0. The second-order valence-electron chi connectivity index (χ2n) is 6.39. The van der Waals surface area contributed by atoms with Crippen LogP contribution in [0.4, 0.5) is 0 Å². The zero-order chi connectivity index (χ0) is 17.7. The highest BCUT2D eigenvalue weighted by Crippen LogP contribution is 2.30. The van der Waals surface area contributed by atoms with Crippen molar-refractivity contribution in [3.05, 3.63) is 70.5 Å². The Hall–Kier alpha value is -2.86. The summed E-state index contributed by atoms with van der Waals surface area (Å²) in [6.07, 6.45) is 3.84. The number of carbonyl (C=O) groups excluding carboxylic acids is 1. The standard InChI is InChI=1S/C20H15BrN4O/c21-11-5-6-13-15(9-23-17(13)7-11)19-20(26)24-10-18(25-19)14-8-22-16-4-2-1-3-12(14)16/h1-9,18,22-23H,10H2,(H,24,26)/t18-/m1/s1. The number of aliphatic imine (C=N–C) groups is 1. The highest BCUT2D eigenvalue weighted by Gasteiger charge is 2.27. The van der Waals surface area contributed by atoms with E-state index in [-0.39, 0.29) is 11.9 Å². The first-order valence-electron chi connectivity index (χ1n) is 8.40. The van der Waals surface area contributed by atoms with Gasteiger partial charge in [-0.3, -0.25) is 9.79 Å². The van der Waals surface area contributed by atoms with Gasteiger partial charge in [-0.2, -0.15) is 0 Å². The van der Waals surface area contributed by atoms with E-state index < -0.39 is 0 Å². The summed E-state index contributed by atoms with van der Waals surface area (Å²) >= 11 is 3.48. The topological polar surface area (TPSA) is 73.0 Å². The number of nitrogens with one attached hydrogen (secondary N) is 3. The number of hydrogen-bond donors (Lipinski definition) is 3. The Morgan fingerprint density at radius 2 is 1.85 bits per heavy atom. The highest BCUT2D eigenvalue weighted by molar-refractivity contribution is 9.10. The second-order valence-corrected chi connectivity index (χ2v) is 7.30. The monoisotopic (exact) mass is 406 g/mol. The molecule has 0 saturated carbocycles. The van der Waals surface area contributed by atoms with Crippen molar-refractivity contribution in [2.24, 2.45) is 4.99 Å². The van der Waals surface area contributed by atoms with Gasteiger partial charge in [0, 0.05) is 56.3 Å². The third kappa shape index (κ3) is 2.37. The zero-order valence-corrected chi connectivity index (χ0v) is 15.3. The van der Waals surface area contributed by atoms with Gasteiger partial charge in [-0.1, -0.05) is 40.2 Å². The maximum absolute atomic E-state index is 12.5. The first-order valence-corrected chi connectivity index (χ1v) is 9.19. The summed E-state index contributed by atoms with van der Waals surface area (Å²) in [5, 5.41) is 5.12. The fraction of sp³-hybridized carbons (Fsp3) is 0.100. The zero-order valence-electron chi connectivity index (χ0n) is 13.7. The van der Waals surface area contributed by atoms with Crippen molar-refractivity contribution in [2.45, 2.75) is 6.04 Å². The van der Waals surface area contributed by atoms with Crippen LogP contribution in [0.1, 0.15) is 17.2 Å². The summed E-state index contributed by atoms with van der Waals surface area (Å²) in [5.74, 6) is -0.134. The molecule has 1 aliphatic rings. The Morgan fingerprint density at radius 3 is 2.77 bits per heavy atom. The fourth-order valence-electron chi connectivity index (χ4n) is 3.57. The molecule has 1 amide bonds. The molecule has 0 saturated heterocycles. The van der Waals surface area contributed by atoms with Crippen molar-refractivity contribution in [2.75, 3.05) is 6.54 Å². The Kier molecular flexibility index (Phi) is 3.46. The quantitative estimate of drug-likeness (QED) is 0.461. The van der Waals surface area contributed by atoms with Crippen LogP contribution >= 0.6 is 15.9 Å². The number of amides is 1. The Morgan fingerprint density at radius 1 is 1.00 bits per heavy atom. The molecule has 0 aliphatic carbocycles. The number of fused-ring (bicyclic) bond motifs is 2. The van der Waals surface area contributed by atoms with E-state index in [0.717, 1.165) is 37.4 Å². The van der Waals surface area contributed by atoms with E-state index in [0.29, 0.717) is 12.3 Å². The minimum Gasteiger partial charge on any atom is -0.361 e. The maximum atomic E-state index is 12.5. The molecule has 0 fully saturated rings. The Bertz CT molecular complexity index is 1190. The van der Waals surface area contributed by atoms with Gasteiger partial charge in [-0.25, -0.2) is 0 Å². The van der Waals surface area contributed by atoms with Crippen LogP contribution in [0.2, 0.25) is 0 Å². The van der Waals surface area contributed by atoms with E-state index in [1.807, 2.05) is 48.8 Å². The molecular formula is C20H15BrN4O. The number of H-pyrrole nitrogens is 2. The lowest BCUT2D eigenvalue weighted by Crippen LogP contribution is -2.39. The number of benzene rings is 2. The van der Waals surface area contributed by atoms with Gasteiger partial charge in [-0.05, 0) is 18.2 Å². The minimum absolute atomic E-state index is 0.112. The number of halogens is 1. The Balaban J connectivity index is 1.64. The molecule has 4 aromatic rings. The molecule has 3 heterocycles. The van der Waals surface area contributed by atoms with E-state index in [9.17, 15) is 4.79 Å². The summed E-state index contributed by atoms with van der Waals surface area (Å²) in [5.41, 5.74) is 4.45. The average molecular weight is 407 g/mol. The molecule has 128 valence electrons. The third-order valence-electron chi connectivity index (χ3n) is 4.84. The van der Waals surface area contributed by atoms with Crippen molar-refractivity contribution in [1.82, 2.24) is 15.3 Å². The SMILES string of the molecule is O=C1NC[C@H](c2c[nH]c3ccccc23)N=C1c1c[nH]c2cc(Br)ccc12. The third-order valence-corrected chi connectivity index (χ3v) is 5.33. The summed E-state index contributed by atoms with van der Waals surface area (Å²) < 4.78 is 0.991. The van der Waals surface area contributed by atoms with Crippen LogP contribution < -0.4 is 5.32 Å². The molecule has 0 unspecified atom stereocenters. The van der Waals surface area contributed by atoms with Gasteiger partial charge >= 0.3 is 0 Å². The summed E-state index contributed by atoms with van der Waals surface area (Å²) in [6, 6.07) is 14.0. The minimum atomic E-state index is -0.134. The van der Waals surface area contributed by atoms with Gasteiger partial charge in [0.15, 0.2) is 0 Å². The van der Waals surface area contributed by atoms with Gasteiger partial charge in [0.05, 0.1) is 6.04 Å². The maximum Gasteiger partial charge on any atom is 0.270 e. The fourth-order valence-corrected chi connectivity index (χ4v) is 3.93. The van der Waals surface area contributed by atoms with Crippen LogP contribution in [0, 0.1) is 0 Å². The largest absolute Gasteiger partial charge is 0.361 e. The van der Waals surface area contributed by atoms with Crippen LogP contribution in [0.3, 0.4) is 0 Å². The number of nitrogens with zero attached hydrogens (tertiary/aromatic N) is 1. The van der Waals surface area contributed by atoms with E-state index in [2.05, 4.69) is 37.3 Å². The molecule has 0 spiro atoms. The predicted octanol–water partition coefficient (Wildman–Crippen LogP) is 4.07. The Labute approximate surface area is 157 Å². The predicted molar refractivity (Wildman–Crippen MR) is 107 cm³/mol. The molecule has 3 N–H and O–H groups in total. The van der Waals surface area contributed by atoms with Gasteiger partial charge in [0.2, 0.25) is 0 Å². The molecule has 2 aromatic carbocycles. The molecule has 26 heavy (non-hydrogen) atoms. The van der Waals surface area contributed by atoms with Crippen LogP contribution in [0.15, 0.2) is 64.3 Å². The number of para-hydroxylation sites is 1. The van der Waals surface area contributed by atoms with Gasteiger partial charge in [0.25, 0.3) is 5.91 Å². The molecule has 0 radical (unpaired) electrons. The normalized spacial score (nSPS) is 17.5. The summed E-state index contributed by atoms with van der Waals surface area (Å²) in [4.78, 5) is 23.9. The van der Waals surface area contributed by atoms with Crippen molar-refractivity contribution in [3.8, 4) is 0 Å². The van der Waals surface area contributed by atoms with Crippen LogP contribution in [0.25, 0.3) is 21.8 Å². The van der Waals surface area contributed by atoms with Gasteiger partial charge in [-0.15, -0.1) is 0 Å². The molecule has 5 nitrogen and oxygen atoms in total. The van der Waals surface area contributed by atoms with Crippen molar-refractivity contribution in [1.29, 1.82) is 0 Å². The van der Waals surface area contributed by atoms with E-state index in [4.69, 9.17) is 4.99 Å². The van der Waals surface area contributed by atoms with Crippen LogP contribution in [-0.4, -0.2) is 28.1 Å². The number of aromatic amines is 2. The molecule has 0 bridgehead atoms. The van der Waals surface area contributed by atoms with E-state index >= 15 is 0 Å². The average Bonchev–Trinajstić information content (AvgIpc) is 3.26. The van der Waals surface area contributed by atoms with Crippen molar-refractivity contribution < 1.29 is 4.79 Å². The van der Waals surface area contributed by atoms with Crippen LogP contribution in [0.5, 0.6) is 0 Å². The number of aromatic nitrogens is 2. The number of rotatable bonds is 2. The molecule has 5 rings (SSSR count). The van der Waals surface area contributed by atoms with Crippen molar-refractivity contribution in [3.63, 3.8) is 0 Å². The van der Waals surface area contributed by atoms with Crippen LogP contribution in [-0.2, 0) is 4.79 Å². The van der Waals surface area contributed by atoms with E-state index in [1.54, 1.807) is 0 Å². The molecule has 1 atom stereocenters. The van der Waals surface area contributed by atoms with E-state index in [1.165, 1.54) is 0 Å².